The van der Waals surface area contributed by atoms with Crippen molar-refractivity contribution in [1.29, 1.82) is 0 Å². The van der Waals surface area contributed by atoms with Gasteiger partial charge in [0.25, 0.3) is 0 Å². The van der Waals surface area contributed by atoms with Gasteiger partial charge in [0.1, 0.15) is 5.01 Å². The molecule has 1 fully saturated rings. The molecule has 5 rings (SSSR count). The third kappa shape index (κ3) is 3.63. The SMILES string of the molecule is N[C@H](CNc1nnc(-c2ccc3[nH]nc(C4CC4)c3c2)s1)Cc1ccccc1. The molecule has 1 saturated carbocycles. The van der Waals surface area contributed by atoms with Crippen molar-refractivity contribution in [1.82, 2.24) is 20.4 Å². The lowest BCUT2D eigenvalue weighted by molar-refractivity contribution is 0.698. The molecular formula is C21H22N6S. The maximum atomic E-state index is 6.26. The third-order valence-corrected chi connectivity index (χ3v) is 6.01. The van der Waals surface area contributed by atoms with Gasteiger partial charge in [-0.3, -0.25) is 5.10 Å². The lowest BCUT2D eigenvalue weighted by Gasteiger charge is -2.11. The molecule has 1 aliphatic carbocycles. The summed E-state index contributed by atoms with van der Waals surface area (Å²) in [5.41, 5.74) is 10.9. The summed E-state index contributed by atoms with van der Waals surface area (Å²) < 4.78 is 0. The maximum absolute atomic E-state index is 6.26. The summed E-state index contributed by atoms with van der Waals surface area (Å²) >= 11 is 1.56. The molecule has 4 aromatic rings. The summed E-state index contributed by atoms with van der Waals surface area (Å²) in [4.78, 5) is 0. The first-order valence-electron chi connectivity index (χ1n) is 9.61. The van der Waals surface area contributed by atoms with E-state index in [4.69, 9.17) is 5.73 Å². The molecule has 0 bridgehead atoms. The molecule has 0 radical (unpaired) electrons. The second kappa shape index (κ2) is 7.33. The van der Waals surface area contributed by atoms with Crippen molar-refractivity contribution in [3.8, 4) is 10.6 Å². The summed E-state index contributed by atoms with van der Waals surface area (Å²) in [6.07, 6.45) is 3.31. The number of hydrogen-bond acceptors (Lipinski definition) is 6. The van der Waals surface area contributed by atoms with Gasteiger partial charge in [0.05, 0.1) is 11.2 Å². The van der Waals surface area contributed by atoms with Crippen molar-refractivity contribution in [2.45, 2.75) is 31.2 Å². The number of benzene rings is 2. The van der Waals surface area contributed by atoms with Gasteiger partial charge in [0, 0.05) is 29.5 Å². The molecule has 2 aromatic heterocycles. The van der Waals surface area contributed by atoms with E-state index in [0.717, 1.165) is 27.6 Å². The molecule has 0 saturated heterocycles. The van der Waals surface area contributed by atoms with Crippen LogP contribution in [0.4, 0.5) is 5.13 Å². The number of aromatic nitrogens is 4. The molecule has 28 heavy (non-hydrogen) atoms. The molecule has 0 amide bonds. The van der Waals surface area contributed by atoms with Crippen molar-refractivity contribution in [3.63, 3.8) is 0 Å². The number of hydrogen-bond donors (Lipinski definition) is 3. The number of anilines is 1. The van der Waals surface area contributed by atoms with Gasteiger partial charge in [-0.2, -0.15) is 5.10 Å². The molecular weight excluding hydrogens is 368 g/mol. The van der Waals surface area contributed by atoms with Gasteiger partial charge in [-0.1, -0.05) is 41.7 Å². The Balaban J connectivity index is 1.27. The first-order chi connectivity index (χ1) is 13.8. The molecule has 142 valence electrons. The van der Waals surface area contributed by atoms with Crippen LogP contribution < -0.4 is 11.1 Å². The van der Waals surface area contributed by atoms with E-state index in [1.54, 1.807) is 11.3 Å². The quantitative estimate of drug-likeness (QED) is 0.444. The zero-order chi connectivity index (χ0) is 18.9. The Bertz CT molecular complexity index is 1080. The Kier molecular flexibility index (Phi) is 4.54. The van der Waals surface area contributed by atoms with Gasteiger partial charge in [-0.25, -0.2) is 0 Å². The number of aromatic amines is 1. The van der Waals surface area contributed by atoms with E-state index in [0.29, 0.717) is 12.5 Å². The third-order valence-electron chi connectivity index (χ3n) is 5.08. The molecule has 2 heterocycles. The van der Waals surface area contributed by atoms with Crippen molar-refractivity contribution < 1.29 is 0 Å². The van der Waals surface area contributed by atoms with Gasteiger partial charge in [-0.05, 0) is 43.0 Å². The molecule has 4 N–H and O–H groups in total. The van der Waals surface area contributed by atoms with Crippen molar-refractivity contribution in [3.05, 3.63) is 59.8 Å². The number of rotatable bonds is 7. The van der Waals surface area contributed by atoms with Crippen LogP contribution >= 0.6 is 11.3 Å². The van der Waals surface area contributed by atoms with Crippen molar-refractivity contribution in [2.24, 2.45) is 5.73 Å². The van der Waals surface area contributed by atoms with Gasteiger partial charge in [-0.15, -0.1) is 10.2 Å². The minimum absolute atomic E-state index is 0.0260. The molecule has 2 aromatic carbocycles. The van der Waals surface area contributed by atoms with E-state index in [9.17, 15) is 0 Å². The van der Waals surface area contributed by atoms with E-state index < -0.39 is 0 Å². The summed E-state index contributed by atoms with van der Waals surface area (Å²) in [6, 6.07) is 16.7. The maximum Gasteiger partial charge on any atom is 0.206 e. The molecule has 0 unspecified atom stereocenters. The Morgan fingerprint density at radius 1 is 1.14 bits per heavy atom. The summed E-state index contributed by atoms with van der Waals surface area (Å²) in [5.74, 6) is 0.613. The molecule has 1 atom stereocenters. The minimum atomic E-state index is 0.0260. The highest BCUT2D eigenvalue weighted by Crippen LogP contribution is 2.42. The molecule has 1 aliphatic rings. The van der Waals surface area contributed by atoms with Crippen LogP contribution in [0.3, 0.4) is 0 Å². The number of nitrogens with one attached hydrogen (secondary N) is 2. The molecule has 6 nitrogen and oxygen atoms in total. The Morgan fingerprint density at radius 2 is 2.00 bits per heavy atom. The lowest BCUT2D eigenvalue weighted by atomic mass is 10.1. The normalized spacial score (nSPS) is 15.0. The van der Waals surface area contributed by atoms with Crippen LogP contribution in [-0.2, 0) is 6.42 Å². The van der Waals surface area contributed by atoms with Crippen LogP contribution in [0, 0.1) is 0 Å². The van der Waals surface area contributed by atoms with Gasteiger partial charge in [0.2, 0.25) is 5.13 Å². The van der Waals surface area contributed by atoms with Crippen LogP contribution in [-0.4, -0.2) is 33.0 Å². The highest BCUT2D eigenvalue weighted by atomic mass is 32.1. The summed E-state index contributed by atoms with van der Waals surface area (Å²) in [6.45, 7) is 0.663. The van der Waals surface area contributed by atoms with Crippen molar-refractivity contribution >= 4 is 27.4 Å². The average Bonchev–Trinajstić information content (AvgIpc) is 3.29. The fraction of sp³-hybridized carbons (Fsp3) is 0.286. The number of nitrogens with zero attached hydrogens (tertiary/aromatic N) is 3. The Morgan fingerprint density at radius 3 is 2.82 bits per heavy atom. The van der Waals surface area contributed by atoms with E-state index >= 15 is 0 Å². The topological polar surface area (TPSA) is 92.5 Å². The van der Waals surface area contributed by atoms with Crippen LogP contribution in [0.1, 0.15) is 30.0 Å². The highest BCUT2D eigenvalue weighted by molar-refractivity contribution is 7.18. The highest BCUT2D eigenvalue weighted by Gasteiger charge is 2.28. The van der Waals surface area contributed by atoms with Gasteiger partial charge in [0.15, 0.2) is 0 Å². The smallest absolute Gasteiger partial charge is 0.206 e. The minimum Gasteiger partial charge on any atom is -0.359 e. The van der Waals surface area contributed by atoms with Gasteiger partial charge < -0.3 is 11.1 Å². The lowest BCUT2D eigenvalue weighted by Crippen LogP contribution is -2.31. The molecule has 0 spiro atoms. The second-order valence-corrected chi connectivity index (χ2v) is 8.36. The van der Waals surface area contributed by atoms with E-state index in [-0.39, 0.29) is 6.04 Å². The fourth-order valence-electron chi connectivity index (χ4n) is 3.45. The predicted molar refractivity (Wildman–Crippen MR) is 114 cm³/mol. The standard InChI is InChI=1S/C21H22N6S/c22-16(10-13-4-2-1-3-5-13)12-23-21-27-26-20(28-21)15-8-9-18-17(11-15)19(25-24-18)14-6-7-14/h1-5,8-9,11,14,16H,6-7,10,12,22H2,(H,23,27)(H,24,25)/t16-/m0/s1. The largest absolute Gasteiger partial charge is 0.359 e. The molecule has 7 heteroatoms. The summed E-state index contributed by atoms with van der Waals surface area (Å²) in [5, 5.41) is 22.5. The molecule has 0 aliphatic heterocycles. The van der Waals surface area contributed by atoms with Crippen LogP contribution in [0.5, 0.6) is 0 Å². The van der Waals surface area contributed by atoms with Crippen LogP contribution in [0.2, 0.25) is 0 Å². The fourth-order valence-corrected chi connectivity index (χ4v) is 4.20. The van der Waals surface area contributed by atoms with Gasteiger partial charge >= 0.3 is 0 Å². The van der Waals surface area contributed by atoms with Crippen LogP contribution in [0.15, 0.2) is 48.5 Å². The average molecular weight is 391 g/mol. The first-order valence-corrected chi connectivity index (χ1v) is 10.4. The van der Waals surface area contributed by atoms with E-state index in [1.165, 1.54) is 29.5 Å². The summed E-state index contributed by atoms with van der Waals surface area (Å²) in [7, 11) is 0. The van der Waals surface area contributed by atoms with E-state index in [2.05, 4.69) is 56.0 Å². The number of nitrogens with two attached hydrogens (primary N) is 1. The number of H-pyrrole nitrogens is 1. The Labute approximate surface area is 167 Å². The predicted octanol–water partition coefficient (Wildman–Crippen LogP) is 3.94. The zero-order valence-electron chi connectivity index (χ0n) is 15.4. The first kappa shape index (κ1) is 17.3. The number of fused-ring (bicyclic) bond motifs is 1. The zero-order valence-corrected chi connectivity index (χ0v) is 16.2. The van der Waals surface area contributed by atoms with Crippen LogP contribution in [0.25, 0.3) is 21.5 Å². The monoisotopic (exact) mass is 390 g/mol. The van der Waals surface area contributed by atoms with E-state index in [1.807, 2.05) is 18.2 Å². The second-order valence-electron chi connectivity index (χ2n) is 7.39. The van der Waals surface area contributed by atoms with Crippen molar-refractivity contribution in [2.75, 3.05) is 11.9 Å². The Hall–Kier alpha value is -2.77.